The first kappa shape index (κ1) is 15.1. The van der Waals surface area contributed by atoms with E-state index >= 15 is 0 Å². The Morgan fingerprint density at radius 1 is 1.00 bits per heavy atom. The second-order valence-electron chi connectivity index (χ2n) is 5.58. The molecule has 0 spiro atoms. The molecule has 0 aliphatic heterocycles. The number of aromatic nitrogens is 5. The largest absolute Gasteiger partial charge is 0.508 e. The second kappa shape index (κ2) is 6.56. The van der Waals surface area contributed by atoms with Gasteiger partial charge in [-0.2, -0.15) is 9.67 Å². The number of rotatable bonds is 5. The third-order valence-electron chi connectivity index (χ3n) is 3.83. The van der Waals surface area contributed by atoms with Crippen LogP contribution in [-0.2, 0) is 6.42 Å². The summed E-state index contributed by atoms with van der Waals surface area (Å²) in [5.74, 6) is 0.804. The maximum absolute atomic E-state index is 9.31. The lowest BCUT2D eigenvalue weighted by atomic mass is 10.1. The maximum atomic E-state index is 9.31. The number of fused-ring (bicyclic) bond motifs is 1. The molecule has 2 N–H and O–H groups in total. The highest BCUT2D eigenvalue weighted by molar-refractivity contribution is 5.71. The van der Waals surface area contributed by atoms with E-state index in [1.165, 1.54) is 0 Å². The molecule has 0 bridgehead atoms. The zero-order valence-corrected chi connectivity index (χ0v) is 13.4. The second-order valence-corrected chi connectivity index (χ2v) is 5.58. The lowest BCUT2D eigenvalue weighted by Gasteiger charge is -2.06. The van der Waals surface area contributed by atoms with Gasteiger partial charge in [-0.3, -0.25) is 0 Å². The van der Waals surface area contributed by atoms with Crippen molar-refractivity contribution in [3.8, 4) is 11.4 Å². The fourth-order valence-corrected chi connectivity index (χ4v) is 2.54. The number of aromatic hydroxyl groups is 1. The molecule has 0 atom stereocenters. The average molecular weight is 332 g/mol. The molecule has 0 saturated heterocycles. The molecule has 7 nitrogen and oxygen atoms in total. The number of nitrogens with zero attached hydrogens (tertiary/aromatic N) is 5. The van der Waals surface area contributed by atoms with Crippen LogP contribution in [0.1, 0.15) is 5.56 Å². The molecular weight excluding hydrogens is 316 g/mol. The van der Waals surface area contributed by atoms with E-state index in [0.29, 0.717) is 23.7 Å². The van der Waals surface area contributed by atoms with Crippen LogP contribution in [0.15, 0.2) is 60.8 Å². The lowest BCUT2D eigenvalue weighted by molar-refractivity contribution is 0.475. The zero-order valence-electron chi connectivity index (χ0n) is 13.4. The number of nitrogens with one attached hydrogen (secondary N) is 1. The molecule has 0 aliphatic carbocycles. The fourth-order valence-electron chi connectivity index (χ4n) is 2.54. The number of hydrogen-bond donors (Lipinski definition) is 2. The summed E-state index contributed by atoms with van der Waals surface area (Å²) >= 11 is 0. The molecule has 2 aromatic heterocycles. The Bertz CT molecular complexity index is 982. The summed E-state index contributed by atoms with van der Waals surface area (Å²) in [4.78, 5) is 8.81. The number of anilines is 1. The van der Waals surface area contributed by atoms with E-state index in [-0.39, 0.29) is 5.75 Å². The van der Waals surface area contributed by atoms with Gasteiger partial charge in [0.1, 0.15) is 5.75 Å². The highest BCUT2D eigenvalue weighted by atomic mass is 16.3. The van der Waals surface area contributed by atoms with Gasteiger partial charge in [0.2, 0.25) is 5.95 Å². The number of phenols is 1. The summed E-state index contributed by atoms with van der Waals surface area (Å²) in [6, 6.07) is 16.9. The van der Waals surface area contributed by atoms with Crippen molar-refractivity contribution in [1.29, 1.82) is 0 Å². The summed E-state index contributed by atoms with van der Waals surface area (Å²) in [5, 5.41) is 20.8. The zero-order chi connectivity index (χ0) is 17.1. The minimum Gasteiger partial charge on any atom is -0.508 e. The SMILES string of the molecule is Oc1ccc(CCNc2ncc3nnn(-c4ccccc4)c3n2)cc1. The van der Waals surface area contributed by atoms with E-state index in [9.17, 15) is 5.11 Å². The monoisotopic (exact) mass is 332 g/mol. The van der Waals surface area contributed by atoms with E-state index in [4.69, 9.17) is 0 Å². The van der Waals surface area contributed by atoms with Crippen LogP contribution in [0.25, 0.3) is 16.9 Å². The van der Waals surface area contributed by atoms with Crippen molar-refractivity contribution in [2.24, 2.45) is 0 Å². The van der Waals surface area contributed by atoms with Gasteiger partial charge < -0.3 is 10.4 Å². The van der Waals surface area contributed by atoms with Crippen molar-refractivity contribution in [2.45, 2.75) is 6.42 Å². The predicted octanol–water partition coefficient (Wildman–Crippen LogP) is 2.57. The Kier molecular flexibility index (Phi) is 3.96. The van der Waals surface area contributed by atoms with Crippen LogP contribution >= 0.6 is 0 Å². The first-order chi connectivity index (χ1) is 12.3. The van der Waals surface area contributed by atoms with E-state index in [0.717, 1.165) is 17.7 Å². The van der Waals surface area contributed by atoms with Crippen LogP contribution in [0.2, 0.25) is 0 Å². The molecule has 4 rings (SSSR count). The molecule has 124 valence electrons. The first-order valence-corrected chi connectivity index (χ1v) is 7.95. The van der Waals surface area contributed by atoms with Gasteiger partial charge in [0.25, 0.3) is 0 Å². The Morgan fingerprint density at radius 3 is 2.60 bits per heavy atom. The number of para-hydroxylation sites is 1. The van der Waals surface area contributed by atoms with Crippen molar-refractivity contribution in [2.75, 3.05) is 11.9 Å². The Hall–Kier alpha value is -3.48. The van der Waals surface area contributed by atoms with Gasteiger partial charge in [-0.1, -0.05) is 35.5 Å². The smallest absolute Gasteiger partial charge is 0.224 e. The first-order valence-electron chi connectivity index (χ1n) is 7.95. The van der Waals surface area contributed by atoms with E-state index < -0.39 is 0 Å². The Morgan fingerprint density at radius 2 is 1.80 bits per heavy atom. The van der Waals surface area contributed by atoms with Gasteiger partial charge in [0, 0.05) is 6.54 Å². The molecule has 0 saturated carbocycles. The quantitative estimate of drug-likeness (QED) is 0.584. The molecule has 0 fully saturated rings. The highest BCUT2D eigenvalue weighted by Crippen LogP contribution is 2.15. The van der Waals surface area contributed by atoms with Gasteiger partial charge in [0.15, 0.2) is 11.2 Å². The van der Waals surface area contributed by atoms with Crippen LogP contribution in [0.3, 0.4) is 0 Å². The molecule has 25 heavy (non-hydrogen) atoms. The van der Waals surface area contributed by atoms with Crippen molar-refractivity contribution < 1.29 is 5.11 Å². The van der Waals surface area contributed by atoms with Gasteiger partial charge in [-0.05, 0) is 36.2 Å². The topological polar surface area (TPSA) is 88.8 Å². The molecule has 0 aliphatic rings. The predicted molar refractivity (Wildman–Crippen MR) is 94.8 cm³/mol. The van der Waals surface area contributed by atoms with Crippen molar-refractivity contribution in [1.82, 2.24) is 25.0 Å². The van der Waals surface area contributed by atoms with E-state index in [2.05, 4.69) is 25.6 Å². The standard InChI is InChI=1S/C18H16N6O/c25-15-8-6-13(7-9-15)10-11-19-18-20-12-16-17(21-18)24(23-22-16)14-4-2-1-3-5-14/h1-9,12,25H,10-11H2,(H,19,20,21). The van der Waals surface area contributed by atoms with Gasteiger partial charge in [-0.25, -0.2) is 4.98 Å². The molecule has 0 unspecified atom stereocenters. The van der Waals surface area contributed by atoms with E-state index in [1.54, 1.807) is 23.0 Å². The minimum absolute atomic E-state index is 0.271. The van der Waals surface area contributed by atoms with Crippen LogP contribution in [0, 0.1) is 0 Å². The lowest BCUT2D eigenvalue weighted by Crippen LogP contribution is -2.08. The summed E-state index contributed by atoms with van der Waals surface area (Å²) in [6.07, 6.45) is 2.47. The average Bonchev–Trinajstić information content (AvgIpc) is 3.07. The third-order valence-corrected chi connectivity index (χ3v) is 3.83. The molecule has 7 heteroatoms. The van der Waals surface area contributed by atoms with Crippen molar-refractivity contribution in [3.05, 3.63) is 66.4 Å². The van der Waals surface area contributed by atoms with Crippen LogP contribution < -0.4 is 5.32 Å². The molecule has 0 amide bonds. The third kappa shape index (κ3) is 3.25. The molecule has 4 aromatic rings. The van der Waals surface area contributed by atoms with Gasteiger partial charge in [0.05, 0.1) is 11.9 Å². The summed E-state index contributed by atoms with van der Waals surface area (Å²) in [6.45, 7) is 0.684. The molecule has 2 aromatic carbocycles. The molecule has 2 heterocycles. The van der Waals surface area contributed by atoms with Crippen LogP contribution in [-0.4, -0.2) is 36.6 Å². The van der Waals surface area contributed by atoms with Crippen molar-refractivity contribution in [3.63, 3.8) is 0 Å². The summed E-state index contributed by atoms with van der Waals surface area (Å²) < 4.78 is 1.70. The van der Waals surface area contributed by atoms with Crippen LogP contribution in [0.4, 0.5) is 5.95 Å². The summed E-state index contributed by atoms with van der Waals surface area (Å²) in [5.41, 5.74) is 3.34. The molecular formula is C18H16N6O. The number of phenolic OH excluding ortho intramolecular Hbond substituents is 1. The minimum atomic E-state index is 0.271. The molecule has 0 radical (unpaired) electrons. The maximum Gasteiger partial charge on any atom is 0.224 e. The number of hydrogen-bond acceptors (Lipinski definition) is 6. The van der Waals surface area contributed by atoms with Gasteiger partial charge in [-0.15, -0.1) is 5.10 Å². The Labute approximate surface area is 144 Å². The van der Waals surface area contributed by atoms with Crippen LogP contribution in [0.5, 0.6) is 5.75 Å². The Balaban J connectivity index is 1.51. The van der Waals surface area contributed by atoms with Crippen molar-refractivity contribution >= 4 is 17.1 Å². The summed E-state index contributed by atoms with van der Waals surface area (Å²) in [7, 11) is 0. The van der Waals surface area contributed by atoms with Gasteiger partial charge >= 0.3 is 0 Å². The fraction of sp³-hybridized carbons (Fsp3) is 0.111. The van der Waals surface area contributed by atoms with E-state index in [1.807, 2.05) is 42.5 Å². The number of benzene rings is 2. The normalized spacial score (nSPS) is 10.9. The highest BCUT2D eigenvalue weighted by Gasteiger charge is 2.09.